The van der Waals surface area contributed by atoms with Crippen LogP contribution in [0.5, 0.6) is 6.01 Å². The molecular formula is C14H13BrF2N4O4S. The molecule has 0 saturated heterocycles. The Hall–Kier alpha value is -2.21. The van der Waals surface area contributed by atoms with Crippen LogP contribution in [0.3, 0.4) is 0 Å². The number of aryl methyl sites for hydroxylation is 1. The number of alkyl halides is 2. The summed E-state index contributed by atoms with van der Waals surface area (Å²) < 4.78 is 54.8. The van der Waals surface area contributed by atoms with E-state index in [2.05, 4.69) is 30.9 Å². The molecule has 26 heavy (non-hydrogen) atoms. The van der Waals surface area contributed by atoms with E-state index in [1.807, 2.05) is 0 Å². The lowest BCUT2D eigenvalue weighted by Gasteiger charge is -2.22. The lowest BCUT2D eigenvalue weighted by molar-refractivity contribution is 0.102. The van der Waals surface area contributed by atoms with Crippen LogP contribution in [0.2, 0.25) is 0 Å². The van der Waals surface area contributed by atoms with Crippen LogP contribution in [0, 0.1) is 6.92 Å². The Morgan fingerprint density at radius 3 is 2.50 bits per heavy atom. The van der Waals surface area contributed by atoms with Gasteiger partial charge in [0.2, 0.25) is 11.6 Å². The van der Waals surface area contributed by atoms with Crippen molar-refractivity contribution >= 4 is 37.4 Å². The first-order valence-corrected chi connectivity index (χ1v) is 9.25. The third kappa shape index (κ3) is 3.80. The van der Waals surface area contributed by atoms with Crippen molar-refractivity contribution in [3.05, 3.63) is 39.9 Å². The fraction of sp³-hybridized carbons (Fsp3) is 0.286. The minimum atomic E-state index is -4.97. The second kappa shape index (κ2) is 7.58. The van der Waals surface area contributed by atoms with Gasteiger partial charge in [-0.1, -0.05) is 6.07 Å². The summed E-state index contributed by atoms with van der Waals surface area (Å²) in [5.74, 6) is -4.54. The fourth-order valence-electron chi connectivity index (χ4n) is 2.04. The Balaban J connectivity index is 2.63. The molecule has 12 heteroatoms. The molecule has 0 bridgehead atoms. The maximum atomic E-state index is 12.9. The zero-order valence-electron chi connectivity index (χ0n) is 13.8. The molecule has 140 valence electrons. The van der Waals surface area contributed by atoms with Crippen molar-refractivity contribution in [3.8, 4) is 6.01 Å². The monoisotopic (exact) mass is 450 g/mol. The highest BCUT2D eigenvalue weighted by molar-refractivity contribution is 9.10. The topological polar surface area (TPSA) is 102 Å². The van der Waals surface area contributed by atoms with Crippen molar-refractivity contribution in [2.24, 2.45) is 0 Å². The Morgan fingerprint density at radius 1 is 1.27 bits per heavy atom. The summed E-state index contributed by atoms with van der Waals surface area (Å²) in [6.45, 7) is 1.51. The number of carbonyl (C=O) groups excluding carboxylic acids is 1. The lowest BCUT2D eigenvalue weighted by Crippen LogP contribution is -2.33. The highest BCUT2D eigenvalue weighted by Crippen LogP contribution is 2.33. The number of aromatic nitrogens is 3. The van der Waals surface area contributed by atoms with Gasteiger partial charge in [0.15, 0.2) is 0 Å². The number of methoxy groups -OCH3 is 1. The number of para-hydroxylation sites is 1. The van der Waals surface area contributed by atoms with Gasteiger partial charge in [-0.25, -0.2) is 13.4 Å². The number of halogens is 3. The number of ether oxygens (including phenoxy) is 1. The van der Waals surface area contributed by atoms with Gasteiger partial charge >= 0.3 is 11.8 Å². The predicted octanol–water partition coefficient (Wildman–Crippen LogP) is 2.17. The van der Waals surface area contributed by atoms with Crippen LogP contribution in [0.15, 0.2) is 22.7 Å². The normalized spacial score (nSPS) is 11.5. The Labute approximate surface area is 156 Å². The molecule has 2 aromatic rings. The molecule has 0 amide bonds. The molecule has 0 aliphatic carbocycles. The maximum Gasteiger partial charge on any atom is 0.355 e. The molecule has 8 nitrogen and oxygen atoms in total. The average Bonchev–Trinajstić information content (AvgIpc) is 2.59. The van der Waals surface area contributed by atoms with Crippen LogP contribution < -0.4 is 9.04 Å². The highest BCUT2D eigenvalue weighted by atomic mass is 79.9. The van der Waals surface area contributed by atoms with E-state index in [9.17, 15) is 22.0 Å². The molecule has 0 spiro atoms. The van der Waals surface area contributed by atoms with Crippen LogP contribution in [0.1, 0.15) is 22.0 Å². The molecular weight excluding hydrogens is 438 g/mol. The maximum absolute atomic E-state index is 12.9. The highest BCUT2D eigenvalue weighted by Gasteiger charge is 2.33. The molecule has 2 rings (SSSR count). The summed E-state index contributed by atoms with van der Waals surface area (Å²) in [4.78, 5) is 24.4. The number of carbonyl (C=O) groups is 1. The van der Waals surface area contributed by atoms with Gasteiger partial charge in [0.25, 0.3) is 10.0 Å². The number of sulfonamides is 1. The van der Waals surface area contributed by atoms with Crippen molar-refractivity contribution in [2.45, 2.75) is 12.7 Å². The van der Waals surface area contributed by atoms with Gasteiger partial charge in [0.1, 0.15) is 5.82 Å². The van der Waals surface area contributed by atoms with Gasteiger partial charge < -0.3 is 4.74 Å². The molecule has 1 heterocycles. The first kappa shape index (κ1) is 20.1. The van der Waals surface area contributed by atoms with E-state index in [1.165, 1.54) is 32.2 Å². The second-order valence-corrected chi connectivity index (χ2v) is 7.72. The zero-order valence-corrected chi connectivity index (χ0v) is 16.2. The van der Waals surface area contributed by atoms with Gasteiger partial charge in [-0.15, -0.1) is 0 Å². The predicted molar refractivity (Wildman–Crippen MR) is 92.0 cm³/mol. The van der Waals surface area contributed by atoms with Crippen molar-refractivity contribution < 1.29 is 26.7 Å². The summed E-state index contributed by atoms with van der Waals surface area (Å²) in [6.07, 6.45) is 0. The van der Waals surface area contributed by atoms with E-state index in [4.69, 9.17) is 4.74 Å². The first-order valence-electron chi connectivity index (χ1n) is 6.95. The van der Waals surface area contributed by atoms with Crippen LogP contribution in [-0.2, 0) is 10.0 Å². The Bertz CT molecular complexity index is 956. The van der Waals surface area contributed by atoms with Crippen LogP contribution in [-0.4, -0.2) is 49.1 Å². The molecule has 1 aromatic carbocycles. The van der Waals surface area contributed by atoms with Crippen molar-refractivity contribution in [1.29, 1.82) is 0 Å². The van der Waals surface area contributed by atoms with Crippen LogP contribution in [0.4, 0.5) is 14.5 Å². The first-order chi connectivity index (χ1) is 12.1. The summed E-state index contributed by atoms with van der Waals surface area (Å²) in [5, 5.41) is 0. The third-order valence-corrected chi connectivity index (χ3v) is 5.30. The second-order valence-electron chi connectivity index (χ2n) is 4.93. The number of ketones is 1. The van der Waals surface area contributed by atoms with E-state index >= 15 is 0 Å². The standard InChI is InChI=1S/C14H13BrF2N4O4S/c1-7-18-12(20-14(19-7)25-3)11(22)8-5-4-6-9(15)10(8)21(2)26(23,24)13(16)17/h4-6,13H,1-3H3. The van der Waals surface area contributed by atoms with E-state index in [1.54, 1.807) is 0 Å². The van der Waals surface area contributed by atoms with E-state index < -0.39 is 21.6 Å². The quantitative estimate of drug-likeness (QED) is 0.621. The number of hydrogen-bond acceptors (Lipinski definition) is 7. The largest absolute Gasteiger partial charge is 0.467 e. The van der Waals surface area contributed by atoms with E-state index in [0.29, 0.717) is 4.31 Å². The molecule has 0 fully saturated rings. The summed E-state index contributed by atoms with van der Waals surface area (Å²) in [6, 6.07) is 4.05. The smallest absolute Gasteiger partial charge is 0.355 e. The number of benzene rings is 1. The van der Waals surface area contributed by atoms with Gasteiger partial charge in [0, 0.05) is 11.5 Å². The summed E-state index contributed by atoms with van der Waals surface area (Å²) >= 11 is 3.09. The molecule has 0 atom stereocenters. The zero-order chi connectivity index (χ0) is 19.6. The van der Waals surface area contributed by atoms with Gasteiger partial charge in [0.05, 0.1) is 18.4 Å². The van der Waals surface area contributed by atoms with Gasteiger partial charge in [-0.05, 0) is 35.0 Å². The lowest BCUT2D eigenvalue weighted by atomic mass is 10.1. The number of rotatable bonds is 6. The molecule has 0 aliphatic heterocycles. The molecule has 0 radical (unpaired) electrons. The van der Waals surface area contributed by atoms with Gasteiger partial charge in [-0.2, -0.15) is 18.7 Å². The SMILES string of the molecule is COc1nc(C)nc(C(=O)c2cccc(Br)c2N(C)S(=O)(=O)C(F)F)n1. The van der Waals surface area contributed by atoms with Crippen LogP contribution in [0.25, 0.3) is 0 Å². The molecule has 1 aromatic heterocycles. The number of anilines is 1. The minimum Gasteiger partial charge on any atom is -0.467 e. The van der Waals surface area contributed by atoms with E-state index in [0.717, 1.165) is 7.05 Å². The van der Waals surface area contributed by atoms with Gasteiger partial charge in [-0.3, -0.25) is 9.10 Å². The molecule has 0 aliphatic rings. The average molecular weight is 451 g/mol. The summed E-state index contributed by atoms with van der Waals surface area (Å²) in [7, 11) is -2.74. The Kier molecular flexibility index (Phi) is 5.86. The molecule has 0 unspecified atom stereocenters. The van der Waals surface area contributed by atoms with Crippen LogP contribution >= 0.6 is 15.9 Å². The third-order valence-electron chi connectivity index (χ3n) is 3.27. The minimum absolute atomic E-state index is 0.106. The number of hydrogen-bond donors (Lipinski definition) is 0. The molecule has 0 saturated carbocycles. The fourth-order valence-corrected chi connectivity index (χ4v) is 3.48. The Morgan fingerprint density at radius 2 is 1.92 bits per heavy atom. The van der Waals surface area contributed by atoms with Crippen molar-refractivity contribution in [1.82, 2.24) is 15.0 Å². The van der Waals surface area contributed by atoms with Crippen molar-refractivity contribution in [2.75, 3.05) is 18.5 Å². The number of nitrogens with zero attached hydrogens (tertiary/aromatic N) is 4. The van der Waals surface area contributed by atoms with Crippen molar-refractivity contribution in [3.63, 3.8) is 0 Å². The molecule has 0 N–H and O–H groups in total. The van der Waals surface area contributed by atoms with E-state index in [-0.39, 0.29) is 33.4 Å². The summed E-state index contributed by atoms with van der Waals surface area (Å²) in [5.41, 5.74) is -0.436.